The molecule has 2 amide bonds. The first-order valence-corrected chi connectivity index (χ1v) is 14.3. The molecular formula is C29H31F5N10O. The van der Waals surface area contributed by atoms with Crippen LogP contribution in [0.5, 0.6) is 0 Å². The van der Waals surface area contributed by atoms with E-state index in [2.05, 4.69) is 42.5 Å². The number of fused-ring (bicyclic) bond motifs is 1. The second kappa shape index (κ2) is 12.0. The Kier molecular flexibility index (Phi) is 8.07. The van der Waals surface area contributed by atoms with Gasteiger partial charge in [-0.1, -0.05) is 12.6 Å². The first kappa shape index (κ1) is 30.3. The number of aryl methyl sites for hydroxylation is 1. The summed E-state index contributed by atoms with van der Waals surface area (Å²) in [5.41, 5.74) is 2.00. The van der Waals surface area contributed by atoms with E-state index in [1.54, 1.807) is 0 Å². The van der Waals surface area contributed by atoms with E-state index >= 15 is 0 Å². The fraction of sp³-hybridized carbons (Fsp3) is 0.379. The summed E-state index contributed by atoms with van der Waals surface area (Å²) in [5.74, 6) is 0.287. The number of hydrogen-bond donors (Lipinski definition) is 3. The lowest BCUT2D eigenvalue weighted by atomic mass is 10.0. The van der Waals surface area contributed by atoms with Gasteiger partial charge in [-0.2, -0.15) is 18.3 Å². The largest absolute Gasteiger partial charge is 0.435 e. The van der Waals surface area contributed by atoms with Gasteiger partial charge in [0.2, 0.25) is 0 Å². The van der Waals surface area contributed by atoms with Gasteiger partial charge in [-0.25, -0.2) is 23.5 Å². The van der Waals surface area contributed by atoms with E-state index in [0.717, 1.165) is 36.1 Å². The molecule has 0 atom stereocenters. The van der Waals surface area contributed by atoms with Gasteiger partial charge in [0.15, 0.2) is 17.2 Å². The summed E-state index contributed by atoms with van der Waals surface area (Å²) in [5, 5.41) is 12.7. The topological polar surface area (TPSA) is 108 Å². The molecule has 0 radical (unpaired) electrons. The quantitative estimate of drug-likeness (QED) is 0.251. The predicted molar refractivity (Wildman–Crippen MR) is 157 cm³/mol. The van der Waals surface area contributed by atoms with Crippen molar-refractivity contribution in [1.29, 1.82) is 0 Å². The molecule has 4 aromatic rings. The molecule has 0 spiro atoms. The summed E-state index contributed by atoms with van der Waals surface area (Å²) < 4.78 is 69.1. The van der Waals surface area contributed by atoms with Crippen molar-refractivity contribution in [2.45, 2.75) is 32.1 Å². The molecule has 3 N–H and O–H groups in total. The van der Waals surface area contributed by atoms with Crippen molar-refractivity contribution in [2.75, 3.05) is 44.6 Å². The van der Waals surface area contributed by atoms with Crippen LogP contribution >= 0.6 is 0 Å². The molecule has 2 fully saturated rings. The van der Waals surface area contributed by atoms with Gasteiger partial charge < -0.3 is 25.8 Å². The maximum Gasteiger partial charge on any atom is 0.435 e. The molecular weight excluding hydrogens is 599 g/mol. The number of carbonyl (C=O) groups excluding carboxylic acids is 1. The summed E-state index contributed by atoms with van der Waals surface area (Å²) in [6.45, 7) is 9.34. The van der Waals surface area contributed by atoms with Crippen molar-refractivity contribution < 1.29 is 26.7 Å². The van der Waals surface area contributed by atoms with E-state index in [1.165, 1.54) is 23.0 Å². The Bertz CT molecular complexity index is 1720. The van der Waals surface area contributed by atoms with Gasteiger partial charge in [0.05, 0.1) is 23.5 Å². The molecule has 2 aliphatic heterocycles. The Hall–Kier alpha value is -4.73. The van der Waals surface area contributed by atoms with Crippen LogP contribution < -0.4 is 16.0 Å². The predicted octanol–water partition coefficient (Wildman–Crippen LogP) is 4.20. The molecule has 0 aliphatic carbocycles. The minimum Gasteiger partial charge on any atom is -0.368 e. The lowest BCUT2D eigenvalue weighted by Gasteiger charge is -2.38. The average molecular weight is 631 g/mol. The van der Waals surface area contributed by atoms with Crippen LogP contribution in [0.3, 0.4) is 0 Å². The Balaban J connectivity index is 1.17. The third-order valence-electron chi connectivity index (χ3n) is 7.92. The average Bonchev–Trinajstić information content (AvgIpc) is 3.59. The van der Waals surface area contributed by atoms with Crippen LogP contribution in [0.4, 0.5) is 38.3 Å². The third kappa shape index (κ3) is 6.27. The fourth-order valence-corrected chi connectivity index (χ4v) is 5.47. The number of imidazole rings is 1. The fourth-order valence-electron chi connectivity index (χ4n) is 5.47. The van der Waals surface area contributed by atoms with Crippen LogP contribution in [-0.4, -0.2) is 91.7 Å². The van der Waals surface area contributed by atoms with Gasteiger partial charge in [0.25, 0.3) is 6.43 Å². The van der Waals surface area contributed by atoms with Gasteiger partial charge >= 0.3 is 12.2 Å². The first-order chi connectivity index (χ1) is 21.5. The van der Waals surface area contributed by atoms with E-state index < -0.39 is 24.8 Å². The zero-order valence-electron chi connectivity index (χ0n) is 24.3. The molecule has 11 nitrogen and oxygen atoms in total. The molecule has 0 saturated carbocycles. The number of hydrogen-bond acceptors (Lipinski definition) is 7. The number of nitrogens with zero attached hydrogens (tertiary/aromatic N) is 7. The molecule has 2 aliphatic rings. The zero-order valence-corrected chi connectivity index (χ0v) is 24.3. The minimum absolute atomic E-state index is 0.0312. The summed E-state index contributed by atoms with van der Waals surface area (Å²) in [6, 6.07) is 5.81. The number of nitrogens with one attached hydrogen (secondary N) is 3. The van der Waals surface area contributed by atoms with Gasteiger partial charge in [0, 0.05) is 74.8 Å². The minimum atomic E-state index is -4.86. The highest BCUT2D eigenvalue weighted by atomic mass is 19.4. The van der Waals surface area contributed by atoms with Gasteiger partial charge in [-0.05, 0) is 24.6 Å². The van der Waals surface area contributed by atoms with E-state index in [1.807, 2.05) is 30.0 Å². The molecule has 2 saturated heterocycles. The molecule has 0 bridgehead atoms. The summed E-state index contributed by atoms with van der Waals surface area (Å²) in [4.78, 5) is 25.1. The number of urea groups is 1. The van der Waals surface area contributed by atoms with Crippen LogP contribution in [0, 0.1) is 6.92 Å². The lowest BCUT2D eigenvalue weighted by molar-refractivity contribution is -0.141. The molecule has 0 unspecified atom stereocenters. The van der Waals surface area contributed by atoms with Gasteiger partial charge in [-0.15, -0.1) is 0 Å². The van der Waals surface area contributed by atoms with Crippen molar-refractivity contribution >= 4 is 28.9 Å². The third-order valence-corrected chi connectivity index (χ3v) is 7.92. The van der Waals surface area contributed by atoms with Crippen LogP contribution in [0.25, 0.3) is 22.6 Å². The number of aromatic nitrogens is 5. The lowest BCUT2D eigenvalue weighted by Crippen LogP contribution is -2.61. The van der Waals surface area contributed by atoms with Crippen molar-refractivity contribution in [3.05, 3.63) is 66.4 Å². The molecule has 45 heavy (non-hydrogen) atoms. The second-order valence-electron chi connectivity index (χ2n) is 11.0. The number of halogens is 5. The van der Waals surface area contributed by atoms with E-state index in [4.69, 9.17) is 0 Å². The SMILES string of the molecule is C=C(c1ccc(Nc2nccn3c(-c4cn(CC(F)F)nc4C(F)(F)F)cnc23)cc1C)N1CCN(C(=O)NC2CNC2)CC1. The van der Waals surface area contributed by atoms with E-state index in [-0.39, 0.29) is 34.8 Å². The van der Waals surface area contributed by atoms with Crippen molar-refractivity contribution in [1.82, 2.24) is 44.6 Å². The Labute approximate surface area is 254 Å². The number of rotatable bonds is 8. The Morgan fingerprint density at radius 1 is 1.13 bits per heavy atom. The highest BCUT2D eigenvalue weighted by Gasteiger charge is 2.38. The molecule has 1 aromatic carbocycles. The maximum absolute atomic E-state index is 13.8. The van der Waals surface area contributed by atoms with Crippen molar-refractivity contribution in [2.24, 2.45) is 0 Å². The van der Waals surface area contributed by atoms with Crippen molar-refractivity contribution in [3.63, 3.8) is 0 Å². The number of anilines is 2. The monoisotopic (exact) mass is 630 g/mol. The number of piperazine rings is 1. The highest BCUT2D eigenvalue weighted by molar-refractivity contribution is 5.77. The first-order valence-electron chi connectivity index (χ1n) is 14.3. The number of benzene rings is 1. The van der Waals surface area contributed by atoms with Crippen LogP contribution in [0.15, 0.2) is 49.6 Å². The van der Waals surface area contributed by atoms with Gasteiger partial charge in [-0.3, -0.25) is 9.08 Å². The zero-order chi connectivity index (χ0) is 31.9. The van der Waals surface area contributed by atoms with Crippen LogP contribution in [0.2, 0.25) is 0 Å². The number of amides is 2. The number of alkyl halides is 5. The Morgan fingerprint density at radius 3 is 2.51 bits per heavy atom. The van der Waals surface area contributed by atoms with Gasteiger partial charge in [0.1, 0.15) is 6.54 Å². The summed E-state index contributed by atoms with van der Waals surface area (Å²) in [7, 11) is 0. The molecule has 16 heteroatoms. The molecule has 238 valence electrons. The van der Waals surface area contributed by atoms with E-state index in [9.17, 15) is 26.7 Å². The Morgan fingerprint density at radius 2 is 1.87 bits per heavy atom. The maximum atomic E-state index is 13.8. The molecule has 5 heterocycles. The second-order valence-corrected chi connectivity index (χ2v) is 11.0. The smallest absolute Gasteiger partial charge is 0.368 e. The normalized spacial score (nSPS) is 15.9. The van der Waals surface area contributed by atoms with E-state index in [0.29, 0.717) is 36.5 Å². The molecule has 6 rings (SSSR count). The van der Waals surface area contributed by atoms with Crippen LogP contribution in [-0.2, 0) is 12.7 Å². The highest BCUT2D eigenvalue weighted by Crippen LogP contribution is 2.37. The molecule has 3 aromatic heterocycles. The van der Waals surface area contributed by atoms with Crippen molar-refractivity contribution in [3.8, 4) is 11.3 Å². The van der Waals surface area contributed by atoms with Crippen LogP contribution in [0.1, 0.15) is 16.8 Å². The number of carbonyl (C=O) groups is 1. The standard InChI is InChI=1S/C29H31F5N10O/c1-17-11-19(3-4-21(17)18(2)41-7-9-42(10-8-41)28(45)39-20-12-35-13-20)38-26-27-37-14-23(44(27)6-5-36-26)22-15-43(16-24(30)31)40-25(22)29(32,33)34/h3-6,11,14-15,20,24,35H,2,7-10,12-13,16H2,1H3,(H,36,38)(H,39,45). The summed E-state index contributed by atoms with van der Waals surface area (Å²) in [6.07, 6.45) is -2.70. The summed E-state index contributed by atoms with van der Waals surface area (Å²) >= 11 is 0.